The van der Waals surface area contributed by atoms with Crippen LogP contribution in [0, 0.1) is 11.8 Å². The highest BCUT2D eigenvalue weighted by Gasteiger charge is 1.75. The van der Waals surface area contributed by atoms with Gasteiger partial charge >= 0.3 is 5.97 Å². The van der Waals surface area contributed by atoms with Gasteiger partial charge in [-0.3, -0.25) is 4.79 Å². The molecule has 0 atom stereocenters. The SMILES string of the molecule is COC(C)=O.[C-]#N. The molecule has 0 aliphatic carbocycles. The molecule has 0 unspecified atom stereocenters. The van der Waals surface area contributed by atoms with Crippen molar-refractivity contribution in [2.24, 2.45) is 0 Å². The van der Waals surface area contributed by atoms with E-state index in [-0.39, 0.29) is 5.97 Å². The van der Waals surface area contributed by atoms with Crippen molar-refractivity contribution in [2.45, 2.75) is 6.92 Å². The van der Waals surface area contributed by atoms with Gasteiger partial charge in [0, 0.05) is 6.92 Å². The van der Waals surface area contributed by atoms with E-state index < -0.39 is 0 Å². The molecule has 7 heavy (non-hydrogen) atoms. The molecule has 40 valence electrons. The van der Waals surface area contributed by atoms with Crippen LogP contribution in [0.1, 0.15) is 6.92 Å². The summed E-state index contributed by atoms with van der Waals surface area (Å²) < 4.78 is 4.11. The summed E-state index contributed by atoms with van der Waals surface area (Å²) in [6.45, 7) is 6.11. The van der Waals surface area contributed by atoms with Crippen molar-refractivity contribution < 1.29 is 9.53 Å². The molecular weight excluding hydrogens is 94.0 g/mol. The van der Waals surface area contributed by atoms with E-state index in [4.69, 9.17) is 11.8 Å². The van der Waals surface area contributed by atoms with Crippen LogP contribution < -0.4 is 0 Å². The molecule has 0 bridgehead atoms. The van der Waals surface area contributed by atoms with Gasteiger partial charge in [-0.25, -0.2) is 0 Å². The first-order valence-corrected chi connectivity index (χ1v) is 1.54. The van der Waals surface area contributed by atoms with Crippen molar-refractivity contribution in [1.29, 1.82) is 5.26 Å². The molecule has 0 amide bonds. The smallest absolute Gasteiger partial charge is 0.302 e. The third kappa shape index (κ3) is 47.2. The maximum Gasteiger partial charge on any atom is 0.302 e. The minimum Gasteiger partial charge on any atom is -0.512 e. The number of carbonyl (C=O) groups is 1. The predicted molar refractivity (Wildman–Crippen MR) is 22.7 cm³/mol. The van der Waals surface area contributed by atoms with Gasteiger partial charge in [0.15, 0.2) is 0 Å². The van der Waals surface area contributed by atoms with Gasteiger partial charge in [-0.1, -0.05) is 0 Å². The minimum absolute atomic E-state index is 0.245. The fraction of sp³-hybridized carbons (Fsp3) is 0.500. The van der Waals surface area contributed by atoms with Gasteiger partial charge in [0.05, 0.1) is 7.11 Å². The van der Waals surface area contributed by atoms with Crippen LogP contribution in [0.25, 0.3) is 0 Å². The number of nitrogens with zero attached hydrogens (tertiary/aromatic N) is 1. The first kappa shape index (κ1) is 9.35. The Morgan fingerprint density at radius 3 is 1.86 bits per heavy atom. The van der Waals surface area contributed by atoms with Crippen molar-refractivity contribution in [1.82, 2.24) is 0 Å². The summed E-state index contributed by atoms with van der Waals surface area (Å²) in [5.74, 6) is -0.245. The lowest BCUT2D eigenvalue weighted by Crippen LogP contribution is -1.88. The van der Waals surface area contributed by atoms with Crippen LogP contribution in [0.2, 0.25) is 0 Å². The second-order valence-corrected chi connectivity index (χ2v) is 0.696. The van der Waals surface area contributed by atoms with Crippen molar-refractivity contribution in [2.75, 3.05) is 7.11 Å². The molecule has 0 aromatic heterocycles. The normalized spacial score (nSPS) is 5.14. The van der Waals surface area contributed by atoms with Gasteiger partial charge in [-0.2, -0.15) is 0 Å². The van der Waals surface area contributed by atoms with E-state index in [0.717, 1.165) is 0 Å². The second-order valence-electron chi connectivity index (χ2n) is 0.696. The Balaban J connectivity index is 0. The summed E-state index contributed by atoms with van der Waals surface area (Å²) in [5, 5.41) is 6.25. The number of carbonyl (C=O) groups excluding carboxylic acids is 1. The number of ether oxygens (including phenoxy) is 1. The molecule has 0 aromatic carbocycles. The highest BCUT2D eigenvalue weighted by Crippen LogP contribution is 1.60. The molecule has 0 heterocycles. The lowest BCUT2D eigenvalue weighted by molar-refractivity contribution is -0.137. The van der Waals surface area contributed by atoms with Crippen molar-refractivity contribution >= 4 is 5.97 Å². The number of hydrogen-bond acceptors (Lipinski definition) is 3. The molecular formula is C4H6NO2-. The fourth-order valence-corrected chi connectivity index (χ4v) is 0. The Morgan fingerprint density at radius 2 is 1.86 bits per heavy atom. The zero-order valence-electron chi connectivity index (χ0n) is 4.26. The van der Waals surface area contributed by atoms with E-state index in [2.05, 4.69) is 4.74 Å². The average Bonchev–Trinajstić information content (AvgIpc) is 1.73. The predicted octanol–water partition coefficient (Wildman–Crippen LogP) is 0.276. The summed E-state index contributed by atoms with van der Waals surface area (Å²) in [5.41, 5.74) is 0. The molecule has 0 N–H and O–H groups in total. The highest BCUT2D eigenvalue weighted by molar-refractivity contribution is 5.65. The Hall–Kier alpha value is -1.04. The highest BCUT2D eigenvalue weighted by atomic mass is 16.5. The first-order chi connectivity index (χ1) is 3.27. The van der Waals surface area contributed by atoms with E-state index >= 15 is 0 Å². The maximum absolute atomic E-state index is 9.59. The van der Waals surface area contributed by atoms with Crippen LogP contribution in [0.5, 0.6) is 0 Å². The Morgan fingerprint density at radius 1 is 1.71 bits per heavy atom. The quantitative estimate of drug-likeness (QED) is 0.324. The van der Waals surface area contributed by atoms with Crippen LogP contribution in [0.15, 0.2) is 0 Å². The summed E-state index contributed by atoms with van der Waals surface area (Å²) in [4.78, 5) is 9.59. The molecule has 0 rings (SSSR count). The molecule has 0 saturated heterocycles. The average molecular weight is 100 g/mol. The number of esters is 1. The van der Waals surface area contributed by atoms with Crippen LogP contribution in [0.3, 0.4) is 0 Å². The number of hydrogen-bond donors (Lipinski definition) is 0. The Kier molecular flexibility index (Phi) is 11.9. The molecule has 3 heteroatoms. The van der Waals surface area contributed by atoms with Crippen molar-refractivity contribution in [3.63, 3.8) is 0 Å². The summed E-state index contributed by atoms with van der Waals surface area (Å²) in [6.07, 6.45) is 0. The van der Waals surface area contributed by atoms with Gasteiger partial charge in [-0.05, 0) is 0 Å². The van der Waals surface area contributed by atoms with Gasteiger partial charge in [0.25, 0.3) is 0 Å². The molecule has 0 aliphatic rings. The fourth-order valence-electron chi connectivity index (χ4n) is 0. The first-order valence-electron chi connectivity index (χ1n) is 1.54. The zero-order chi connectivity index (χ0) is 6.28. The molecule has 3 nitrogen and oxygen atoms in total. The van der Waals surface area contributed by atoms with Crippen molar-refractivity contribution in [3.8, 4) is 0 Å². The van der Waals surface area contributed by atoms with Gasteiger partial charge in [0.2, 0.25) is 0 Å². The van der Waals surface area contributed by atoms with E-state index in [1.165, 1.54) is 14.0 Å². The van der Waals surface area contributed by atoms with Crippen LogP contribution in [-0.2, 0) is 9.53 Å². The Bertz CT molecular complexity index is 67.3. The minimum atomic E-state index is -0.245. The van der Waals surface area contributed by atoms with E-state index in [0.29, 0.717) is 0 Å². The molecule has 0 aromatic rings. The maximum atomic E-state index is 9.59. The lowest BCUT2D eigenvalue weighted by atomic mass is 10.8. The molecule has 0 fully saturated rings. The van der Waals surface area contributed by atoms with Crippen LogP contribution in [-0.4, -0.2) is 13.1 Å². The van der Waals surface area contributed by atoms with Crippen molar-refractivity contribution in [3.05, 3.63) is 6.57 Å². The topological polar surface area (TPSA) is 50.1 Å². The number of rotatable bonds is 0. The largest absolute Gasteiger partial charge is 0.512 e. The zero-order valence-corrected chi connectivity index (χ0v) is 4.26. The van der Waals surface area contributed by atoms with Gasteiger partial charge in [0.1, 0.15) is 0 Å². The van der Waals surface area contributed by atoms with E-state index in [1.54, 1.807) is 0 Å². The standard InChI is InChI=1S/C3H6O2.CN/c1-3(4)5-2;1-2/h1-2H3;/q;-1. The number of methoxy groups -OCH3 is 1. The third-order valence-electron chi connectivity index (χ3n) is 0.287. The molecule has 0 spiro atoms. The summed E-state index contributed by atoms with van der Waals surface area (Å²) in [7, 11) is 1.35. The van der Waals surface area contributed by atoms with Crippen LogP contribution >= 0.6 is 0 Å². The monoisotopic (exact) mass is 100 g/mol. The molecule has 0 aliphatic heterocycles. The second kappa shape index (κ2) is 8.88. The summed E-state index contributed by atoms with van der Waals surface area (Å²) in [6, 6.07) is 0. The lowest BCUT2D eigenvalue weighted by Gasteiger charge is -1.80. The summed E-state index contributed by atoms with van der Waals surface area (Å²) >= 11 is 0. The van der Waals surface area contributed by atoms with Gasteiger partial charge < -0.3 is 16.6 Å². The molecule has 0 saturated carbocycles. The van der Waals surface area contributed by atoms with E-state index in [9.17, 15) is 4.79 Å². The van der Waals surface area contributed by atoms with Gasteiger partial charge in [-0.15, -0.1) is 0 Å². The van der Waals surface area contributed by atoms with E-state index in [1.807, 2.05) is 0 Å². The Labute approximate surface area is 42.5 Å². The third-order valence-corrected chi connectivity index (χ3v) is 0.287. The van der Waals surface area contributed by atoms with Crippen LogP contribution in [0.4, 0.5) is 0 Å². The molecule has 0 radical (unpaired) electrons.